The van der Waals surface area contributed by atoms with Gasteiger partial charge in [-0.25, -0.2) is 4.79 Å². The normalized spacial score (nSPS) is 12.2. The second-order valence-electron chi connectivity index (χ2n) is 6.32. The SMILES string of the molecule is O=C(O)CC(C(=O)O)C(O)C(=O)O.O=C(O)CN(CCN(CC(=O)O)CC(=O)O)CC(=O)O. The molecule has 0 rings (SSSR count). The first-order valence-electron chi connectivity index (χ1n) is 8.74. The molecule has 0 aromatic rings. The number of aliphatic hydroxyl groups is 1. The van der Waals surface area contributed by atoms with Crippen molar-refractivity contribution >= 4 is 41.8 Å². The molecule has 0 aromatic heterocycles. The van der Waals surface area contributed by atoms with Crippen molar-refractivity contribution < 1.29 is 74.4 Å². The highest BCUT2D eigenvalue weighted by Crippen LogP contribution is 2.09. The van der Waals surface area contributed by atoms with Gasteiger partial charge in [-0.2, -0.15) is 0 Å². The van der Waals surface area contributed by atoms with Crippen LogP contribution in [0.3, 0.4) is 0 Å². The van der Waals surface area contributed by atoms with Gasteiger partial charge < -0.3 is 40.9 Å². The quantitative estimate of drug-likeness (QED) is 0.105. The lowest BCUT2D eigenvalue weighted by Crippen LogP contribution is -2.43. The number of aliphatic hydroxyl groups excluding tert-OH is 1. The van der Waals surface area contributed by atoms with Gasteiger partial charge in [0.25, 0.3) is 0 Å². The summed E-state index contributed by atoms with van der Waals surface area (Å²) in [5.74, 6) is -11.6. The van der Waals surface area contributed by atoms with Gasteiger partial charge in [0, 0.05) is 13.1 Å². The minimum absolute atomic E-state index is 0.0703. The van der Waals surface area contributed by atoms with E-state index < -0.39 is 86.4 Å². The van der Waals surface area contributed by atoms with Crippen LogP contribution in [0.4, 0.5) is 0 Å². The highest BCUT2D eigenvalue weighted by atomic mass is 16.4. The molecule has 33 heavy (non-hydrogen) atoms. The van der Waals surface area contributed by atoms with E-state index in [1.54, 1.807) is 0 Å². The number of carbonyl (C=O) groups is 7. The highest BCUT2D eigenvalue weighted by molar-refractivity contribution is 5.85. The van der Waals surface area contributed by atoms with Crippen LogP contribution in [0, 0.1) is 5.92 Å². The Hall–Kier alpha value is -3.83. The lowest BCUT2D eigenvalue weighted by Gasteiger charge is -2.23. The molecular weight excluding hydrogens is 460 g/mol. The Kier molecular flexibility index (Phi) is 15.1. The van der Waals surface area contributed by atoms with Crippen molar-refractivity contribution in [3.05, 3.63) is 0 Å². The predicted octanol–water partition coefficient (Wildman–Crippen LogP) is -3.46. The fraction of sp³-hybridized carbons (Fsp3) is 0.562. The van der Waals surface area contributed by atoms with Crippen LogP contribution in [0.25, 0.3) is 0 Å². The maximum Gasteiger partial charge on any atom is 0.333 e. The summed E-state index contributed by atoms with van der Waals surface area (Å²) in [6.45, 7) is -2.25. The Balaban J connectivity index is 0. The molecule has 0 saturated carbocycles. The van der Waals surface area contributed by atoms with Gasteiger partial charge >= 0.3 is 41.8 Å². The van der Waals surface area contributed by atoms with Crippen molar-refractivity contribution in [1.82, 2.24) is 9.80 Å². The summed E-state index contributed by atoms with van der Waals surface area (Å²) in [5, 5.41) is 68.0. The maximum atomic E-state index is 10.6. The van der Waals surface area contributed by atoms with Gasteiger partial charge in [0.05, 0.1) is 32.6 Å². The summed E-state index contributed by atoms with van der Waals surface area (Å²) < 4.78 is 0. The first-order valence-corrected chi connectivity index (χ1v) is 8.74. The van der Waals surface area contributed by atoms with Gasteiger partial charge in [-0.05, 0) is 0 Å². The van der Waals surface area contributed by atoms with Crippen LogP contribution in [0.1, 0.15) is 6.42 Å². The monoisotopic (exact) mass is 484 g/mol. The molecule has 0 radical (unpaired) electrons. The molecule has 17 heteroatoms. The average Bonchev–Trinajstić information content (AvgIpc) is 2.61. The van der Waals surface area contributed by atoms with Crippen LogP contribution >= 0.6 is 0 Å². The second-order valence-corrected chi connectivity index (χ2v) is 6.32. The van der Waals surface area contributed by atoms with Gasteiger partial charge in [-0.3, -0.25) is 38.6 Å². The number of nitrogens with zero attached hydrogens (tertiary/aromatic N) is 2. The van der Waals surface area contributed by atoms with E-state index in [4.69, 9.17) is 40.9 Å². The second kappa shape index (κ2) is 15.9. The molecule has 0 spiro atoms. The van der Waals surface area contributed by atoms with Gasteiger partial charge in [0.2, 0.25) is 0 Å². The molecule has 0 aliphatic rings. The third-order valence-electron chi connectivity index (χ3n) is 3.51. The largest absolute Gasteiger partial charge is 0.481 e. The molecule has 188 valence electrons. The molecule has 17 nitrogen and oxygen atoms in total. The number of carboxylic acids is 7. The minimum Gasteiger partial charge on any atom is -0.481 e. The van der Waals surface area contributed by atoms with E-state index in [9.17, 15) is 33.6 Å². The van der Waals surface area contributed by atoms with Crippen molar-refractivity contribution in [2.75, 3.05) is 39.3 Å². The van der Waals surface area contributed by atoms with Crippen LogP contribution < -0.4 is 0 Å². The molecular formula is C16H24N2O15. The fourth-order valence-electron chi connectivity index (χ4n) is 2.17. The molecule has 0 fully saturated rings. The van der Waals surface area contributed by atoms with E-state index in [0.717, 1.165) is 9.80 Å². The number of carboxylic acid groups (broad SMARTS) is 7. The van der Waals surface area contributed by atoms with Crippen molar-refractivity contribution in [1.29, 1.82) is 0 Å². The van der Waals surface area contributed by atoms with Crippen molar-refractivity contribution in [3.63, 3.8) is 0 Å². The number of rotatable bonds is 16. The summed E-state index contributed by atoms with van der Waals surface area (Å²) in [6.07, 6.45) is -3.13. The molecule has 0 aromatic carbocycles. The molecule has 0 bridgehead atoms. The van der Waals surface area contributed by atoms with E-state index in [1.165, 1.54) is 0 Å². The number of hydrogen-bond donors (Lipinski definition) is 8. The third-order valence-corrected chi connectivity index (χ3v) is 3.51. The smallest absolute Gasteiger partial charge is 0.333 e. The number of aliphatic carboxylic acids is 7. The van der Waals surface area contributed by atoms with Crippen molar-refractivity contribution in [3.8, 4) is 0 Å². The first-order chi connectivity index (χ1) is 15.1. The predicted molar refractivity (Wildman–Crippen MR) is 100 cm³/mol. The van der Waals surface area contributed by atoms with Crippen LogP contribution in [0.2, 0.25) is 0 Å². The summed E-state index contributed by atoms with van der Waals surface area (Å²) in [4.78, 5) is 74.9. The molecule has 0 aliphatic carbocycles. The topological polar surface area (TPSA) is 288 Å². The Morgan fingerprint density at radius 2 is 0.818 bits per heavy atom. The van der Waals surface area contributed by atoms with Crippen LogP contribution in [-0.2, 0) is 33.6 Å². The molecule has 2 unspecified atom stereocenters. The van der Waals surface area contributed by atoms with E-state index in [2.05, 4.69) is 0 Å². The molecule has 0 amide bonds. The highest BCUT2D eigenvalue weighted by Gasteiger charge is 2.33. The average molecular weight is 484 g/mol. The van der Waals surface area contributed by atoms with E-state index >= 15 is 0 Å². The lowest BCUT2D eigenvalue weighted by molar-refractivity contribution is -0.162. The molecule has 2 atom stereocenters. The Bertz CT molecular complexity index is 669. The zero-order chi connectivity index (χ0) is 26.3. The van der Waals surface area contributed by atoms with Crippen molar-refractivity contribution in [2.24, 2.45) is 5.92 Å². The fourth-order valence-corrected chi connectivity index (χ4v) is 2.17. The lowest BCUT2D eigenvalue weighted by atomic mass is 9.99. The zero-order valence-corrected chi connectivity index (χ0v) is 16.9. The number of hydrogen-bond acceptors (Lipinski definition) is 10. The van der Waals surface area contributed by atoms with Crippen LogP contribution in [0.5, 0.6) is 0 Å². The van der Waals surface area contributed by atoms with Crippen LogP contribution in [0.15, 0.2) is 0 Å². The summed E-state index contributed by atoms with van der Waals surface area (Å²) in [6, 6.07) is 0. The summed E-state index contributed by atoms with van der Waals surface area (Å²) in [7, 11) is 0. The summed E-state index contributed by atoms with van der Waals surface area (Å²) >= 11 is 0. The van der Waals surface area contributed by atoms with E-state index in [-0.39, 0.29) is 13.1 Å². The molecule has 0 saturated heterocycles. The Morgan fingerprint density at radius 1 is 0.515 bits per heavy atom. The van der Waals surface area contributed by atoms with Gasteiger partial charge in [0.1, 0.15) is 5.92 Å². The summed E-state index contributed by atoms with van der Waals surface area (Å²) in [5.41, 5.74) is 0. The van der Waals surface area contributed by atoms with Crippen molar-refractivity contribution in [2.45, 2.75) is 12.5 Å². The van der Waals surface area contributed by atoms with E-state index in [1.807, 2.05) is 0 Å². The molecule has 8 N–H and O–H groups in total. The van der Waals surface area contributed by atoms with E-state index in [0.29, 0.717) is 0 Å². The minimum atomic E-state index is -2.20. The van der Waals surface area contributed by atoms with Crippen LogP contribution in [-0.4, -0.2) is 138 Å². The standard InChI is InChI=1S/C10H16N2O8.C6H8O7/c13-7(14)3-11(4-8(15)16)1-2-12(5-9(17)18)6-10(19)20;7-3(8)1-2(5(10)11)4(9)6(12)13/h1-6H2,(H,13,14)(H,15,16)(H,17,18)(H,19,20);2,4,9H,1H2,(H,7,8)(H,10,11)(H,12,13). The first kappa shape index (κ1) is 31.4. The maximum absolute atomic E-state index is 10.6. The van der Waals surface area contributed by atoms with Gasteiger partial charge in [0.15, 0.2) is 6.10 Å². The molecule has 0 heterocycles. The third kappa shape index (κ3) is 17.5. The molecule has 0 aliphatic heterocycles. The van der Waals surface area contributed by atoms with Gasteiger partial charge in [-0.15, -0.1) is 0 Å². The Morgan fingerprint density at radius 3 is 1.00 bits per heavy atom. The Labute approximate surface area is 184 Å². The van der Waals surface area contributed by atoms with Gasteiger partial charge in [-0.1, -0.05) is 0 Å². The zero-order valence-electron chi connectivity index (χ0n) is 16.9.